The first-order valence-electron chi connectivity index (χ1n) is 8.97. The summed E-state index contributed by atoms with van der Waals surface area (Å²) in [6.07, 6.45) is 0. The summed E-state index contributed by atoms with van der Waals surface area (Å²) in [5.74, 6) is 0.588. The van der Waals surface area contributed by atoms with E-state index in [9.17, 15) is 13.2 Å². The summed E-state index contributed by atoms with van der Waals surface area (Å²) in [7, 11) is -3.89. The SMILES string of the molecule is CCOc1ccc(C)cc1S(=O)(=O)Nc1ccc2c(c1)NC(=O)C(C)(C)CO2. The fourth-order valence-corrected chi connectivity index (χ4v) is 4.02. The second kappa shape index (κ2) is 7.35. The molecule has 1 heterocycles. The highest BCUT2D eigenvalue weighted by Gasteiger charge is 2.32. The van der Waals surface area contributed by atoms with Gasteiger partial charge in [0, 0.05) is 0 Å². The molecule has 1 amide bonds. The average Bonchev–Trinajstić information content (AvgIpc) is 2.72. The first-order valence-corrected chi connectivity index (χ1v) is 10.5. The van der Waals surface area contributed by atoms with Gasteiger partial charge in [0.1, 0.15) is 23.0 Å². The number of carbonyl (C=O) groups is 1. The highest BCUT2D eigenvalue weighted by molar-refractivity contribution is 7.92. The van der Waals surface area contributed by atoms with Gasteiger partial charge in [0.2, 0.25) is 5.91 Å². The van der Waals surface area contributed by atoms with E-state index in [0.717, 1.165) is 5.56 Å². The molecule has 150 valence electrons. The maximum Gasteiger partial charge on any atom is 0.265 e. The van der Waals surface area contributed by atoms with Crippen molar-refractivity contribution in [1.29, 1.82) is 0 Å². The van der Waals surface area contributed by atoms with Crippen molar-refractivity contribution in [3.05, 3.63) is 42.0 Å². The molecule has 8 heteroatoms. The van der Waals surface area contributed by atoms with Crippen molar-refractivity contribution < 1.29 is 22.7 Å². The molecule has 0 bridgehead atoms. The molecular weight excluding hydrogens is 380 g/mol. The van der Waals surface area contributed by atoms with Crippen LogP contribution in [0.15, 0.2) is 41.3 Å². The molecule has 1 aliphatic heterocycles. The predicted octanol–water partition coefficient (Wildman–Crippen LogP) is 3.55. The molecule has 0 aromatic heterocycles. The summed E-state index contributed by atoms with van der Waals surface area (Å²) >= 11 is 0. The lowest BCUT2D eigenvalue weighted by Crippen LogP contribution is -2.33. The van der Waals surface area contributed by atoms with Crippen molar-refractivity contribution >= 4 is 27.3 Å². The maximum absolute atomic E-state index is 12.9. The number of sulfonamides is 1. The van der Waals surface area contributed by atoms with Crippen LogP contribution in [0.2, 0.25) is 0 Å². The van der Waals surface area contributed by atoms with E-state index in [2.05, 4.69) is 10.0 Å². The Morgan fingerprint density at radius 2 is 1.96 bits per heavy atom. The lowest BCUT2D eigenvalue weighted by molar-refractivity contribution is -0.124. The zero-order chi connectivity index (χ0) is 20.5. The summed E-state index contributed by atoms with van der Waals surface area (Å²) < 4.78 is 39.6. The van der Waals surface area contributed by atoms with E-state index in [1.807, 2.05) is 6.92 Å². The molecule has 0 radical (unpaired) electrons. The van der Waals surface area contributed by atoms with Crippen LogP contribution in [0.4, 0.5) is 11.4 Å². The van der Waals surface area contributed by atoms with Gasteiger partial charge in [-0.25, -0.2) is 8.42 Å². The van der Waals surface area contributed by atoms with Crippen LogP contribution in [0.5, 0.6) is 11.5 Å². The Kier molecular flexibility index (Phi) is 5.25. The van der Waals surface area contributed by atoms with Crippen molar-refractivity contribution in [2.75, 3.05) is 23.3 Å². The first-order chi connectivity index (χ1) is 13.1. The average molecular weight is 404 g/mol. The van der Waals surface area contributed by atoms with Crippen LogP contribution in [-0.2, 0) is 14.8 Å². The first kappa shape index (κ1) is 20.0. The third-order valence-electron chi connectivity index (χ3n) is 4.37. The summed E-state index contributed by atoms with van der Waals surface area (Å²) in [5, 5.41) is 2.80. The molecule has 0 aliphatic carbocycles. The minimum absolute atomic E-state index is 0.0608. The van der Waals surface area contributed by atoms with E-state index in [1.165, 1.54) is 0 Å². The molecule has 0 unspecified atom stereocenters. The summed E-state index contributed by atoms with van der Waals surface area (Å²) in [4.78, 5) is 12.4. The second-order valence-corrected chi connectivity index (χ2v) is 8.98. The van der Waals surface area contributed by atoms with Gasteiger partial charge in [-0.2, -0.15) is 0 Å². The van der Waals surface area contributed by atoms with Crippen molar-refractivity contribution in [2.24, 2.45) is 5.41 Å². The van der Waals surface area contributed by atoms with Crippen molar-refractivity contribution in [3.63, 3.8) is 0 Å². The Morgan fingerprint density at radius 3 is 2.68 bits per heavy atom. The molecule has 0 saturated heterocycles. The number of hydrogen-bond donors (Lipinski definition) is 2. The predicted molar refractivity (Wildman–Crippen MR) is 108 cm³/mol. The van der Waals surface area contributed by atoms with E-state index in [4.69, 9.17) is 9.47 Å². The van der Waals surface area contributed by atoms with E-state index >= 15 is 0 Å². The Labute approximate surface area is 165 Å². The molecule has 7 nitrogen and oxygen atoms in total. The van der Waals surface area contributed by atoms with Gasteiger partial charge in [-0.1, -0.05) is 6.07 Å². The normalized spacial score (nSPS) is 15.6. The number of benzene rings is 2. The smallest absolute Gasteiger partial charge is 0.265 e. The van der Waals surface area contributed by atoms with E-state index in [0.29, 0.717) is 23.7 Å². The van der Waals surface area contributed by atoms with Gasteiger partial charge in [0.05, 0.1) is 23.4 Å². The molecule has 0 saturated carbocycles. The largest absolute Gasteiger partial charge is 0.492 e. The van der Waals surface area contributed by atoms with E-state index in [-0.39, 0.29) is 23.2 Å². The number of anilines is 2. The fraction of sp³-hybridized carbons (Fsp3) is 0.350. The third kappa shape index (κ3) is 4.06. The van der Waals surface area contributed by atoms with Gasteiger partial charge >= 0.3 is 0 Å². The Balaban J connectivity index is 1.93. The molecule has 2 N–H and O–H groups in total. The Morgan fingerprint density at radius 1 is 1.21 bits per heavy atom. The number of ether oxygens (including phenoxy) is 2. The summed E-state index contributed by atoms with van der Waals surface area (Å²) in [6, 6.07) is 9.76. The van der Waals surface area contributed by atoms with Crippen LogP contribution in [-0.4, -0.2) is 27.5 Å². The molecule has 2 aromatic rings. The monoisotopic (exact) mass is 404 g/mol. The number of carbonyl (C=O) groups excluding carboxylic acids is 1. The number of amides is 1. The second-order valence-electron chi connectivity index (χ2n) is 7.33. The molecule has 28 heavy (non-hydrogen) atoms. The van der Waals surface area contributed by atoms with Gasteiger partial charge in [-0.3, -0.25) is 9.52 Å². The van der Waals surface area contributed by atoms with Gasteiger partial charge < -0.3 is 14.8 Å². The zero-order valence-electron chi connectivity index (χ0n) is 16.3. The fourth-order valence-electron chi connectivity index (χ4n) is 2.74. The number of fused-ring (bicyclic) bond motifs is 1. The van der Waals surface area contributed by atoms with Crippen LogP contribution in [0.25, 0.3) is 0 Å². The van der Waals surface area contributed by atoms with Crippen LogP contribution >= 0.6 is 0 Å². The van der Waals surface area contributed by atoms with Crippen LogP contribution in [0, 0.1) is 12.3 Å². The molecule has 0 fully saturated rings. The topological polar surface area (TPSA) is 93.7 Å². The van der Waals surface area contributed by atoms with E-state index < -0.39 is 15.4 Å². The van der Waals surface area contributed by atoms with Gasteiger partial charge in [-0.05, 0) is 63.6 Å². The van der Waals surface area contributed by atoms with Gasteiger partial charge in [0.15, 0.2) is 0 Å². The number of hydrogen-bond acceptors (Lipinski definition) is 5. The molecule has 1 aliphatic rings. The third-order valence-corrected chi connectivity index (χ3v) is 5.77. The van der Waals surface area contributed by atoms with Crippen molar-refractivity contribution in [3.8, 4) is 11.5 Å². The van der Waals surface area contributed by atoms with Gasteiger partial charge in [0.25, 0.3) is 10.0 Å². The summed E-state index contributed by atoms with van der Waals surface area (Å²) in [6.45, 7) is 7.75. The standard InChI is InChI=1S/C20H24N2O5S/c1-5-26-17-8-6-13(2)10-18(17)28(24,25)22-14-7-9-16-15(11-14)21-19(23)20(3,4)12-27-16/h6-11,22H,5,12H2,1-4H3,(H,21,23). The molecule has 3 rings (SSSR count). The lowest BCUT2D eigenvalue weighted by atomic mass is 9.94. The molecule has 0 atom stereocenters. The number of nitrogens with one attached hydrogen (secondary N) is 2. The van der Waals surface area contributed by atoms with Crippen molar-refractivity contribution in [2.45, 2.75) is 32.6 Å². The van der Waals surface area contributed by atoms with Gasteiger partial charge in [-0.15, -0.1) is 0 Å². The Hall–Kier alpha value is -2.74. The van der Waals surface area contributed by atoms with E-state index in [1.54, 1.807) is 57.2 Å². The molecule has 0 spiro atoms. The van der Waals surface area contributed by atoms with Crippen LogP contribution < -0.4 is 19.5 Å². The van der Waals surface area contributed by atoms with Crippen LogP contribution in [0.3, 0.4) is 0 Å². The quantitative estimate of drug-likeness (QED) is 0.795. The minimum atomic E-state index is -3.89. The Bertz CT molecular complexity index is 1020. The highest BCUT2D eigenvalue weighted by atomic mass is 32.2. The van der Waals surface area contributed by atoms with Crippen molar-refractivity contribution in [1.82, 2.24) is 0 Å². The minimum Gasteiger partial charge on any atom is -0.492 e. The highest BCUT2D eigenvalue weighted by Crippen LogP contribution is 2.35. The number of aryl methyl sites for hydroxylation is 1. The zero-order valence-corrected chi connectivity index (χ0v) is 17.1. The van der Waals surface area contributed by atoms with Crippen LogP contribution in [0.1, 0.15) is 26.3 Å². The number of rotatable bonds is 5. The lowest BCUT2D eigenvalue weighted by Gasteiger charge is -2.18. The maximum atomic E-state index is 12.9. The molecular formula is C20H24N2O5S. The molecule has 2 aromatic carbocycles. The summed E-state index contributed by atoms with van der Waals surface area (Å²) in [5.41, 5.74) is 0.845.